The lowest BCUT2D eigenvalue weighted by Crippen LogP contribution is -2.40. The SMILES string of the molecule is COc1cccc(CNC(=O)[C@H](NS(=O)(=O)c2ccc3c(c2)c(=O)n(C)c(=O)n3C)c2ccccc2)c1. The zero-order chi connectivity index (χ0) is 26.7. The molecular formula is C26H26N4O6S. The molecule has 4 rings (SSSR count). The average molecular weight is 523 g/mol. The van der Waals surface area contributed by atoms with E-state index in [1.807, 2.05) is 6.07 Å². The lowest BCUT2D eigenvalue weighted by atomic mass is 10.1. The molecule has 0 aliphatic rings. The van der Waals surface area contributed by atoms with Gasteiger partial charge >= 0.3 is 5.69 Å². The number of nitrogens with one attached hydrogen (secondary N) is 2. The molecule has 11 heteroatoms. The Hall–Kier alpha value is -4.22. The summed E-state index contributed by atoms with van der Waals surface area (Å²) in [6.07, 6.45) is 0. The Labute approximate surface area is 213 Å². The van der Waals surface area contributed by atoms with Crippen LogP contribution in [0.2, 0.25) is 0 Å². The molecule has 0 bridgehead atoms. The zero-order valence-corrected chi connectivity index (χ0v) is 21.3. The van der Waals surface area contributed by atoms with Crippen LogP contribution in [-0.2, 0) is 35.5 Å². The van der Waals surface area contributed by atoms with Crippen LogP contribution in [0.5, 0.6) is 5.75 Å². The van der Waals surface area contributed by atoms with Crippen LogP contribution in [0.15, 0.2) is 87.3 Å². The molecule has 0 saturated carbocycles. The Kier molecular flexibility index (Phi) is 7.28. The minimum atomic E-state index is -4.26. The molecule has 10 nitrogen and oxygen atoms in total. The molecule has 0 fully saturated rings. The summed E-state index contributed by atoms with van der Waals surface area (Å²) in [6.45, 7) is 0.154. The number of benzene rings is 3. The number of amides is 1. The van der Waals surface area contributed by atoms with Gasteiger partial charge in [-0.3, -0.25) is 18.7 Å². The third kappa shape index (κ3) is 5.32. The largest absolute Gasteiger partial charge is 0.497 e. The lowest BCUT2D eigenvalue weighted by Gasteiger charge is -2.19. The molecule has 1 heterocycles. The van der Waals surface area contributed by atoms with Crippen molar-refractivity contribution >= 4 is 26.8 Å². The van der Waals surface area contributed by atoms with Crippen LogP contribution in [0.3, 0.4) is 0 Å². The molecule has 1 amide bonds. The molecule has 0 spiro atoms. The Bertz CT molecular complexity index is 1690. The predicted octanol–water partition coefficient (Wildman–Crippen LogP) is 1.58. The number of sulfonamides is 1. The number of ether oxygens (including phenoxy) is 1. The van der Waals surface area contributed by atoms with Crippen LogP contribution >= 0.6 is 0 Å². The van der Waals surface area contributed by atoms with Gasteiger partial charge in [0.1, 0.15) is 11.8 Å². The van der Waals surface area contributed by atoms with E-state index >= 15 is 0 Å². The van der Waals surface area contributed by atoms with Gasteiger partial charge in [-0.1, -0.05) is 42.5 Å². The van der Waals surface area contributed by atoms with E-state index in [-0.39, 0.29) is 16.8 Å². The first kappa shape index (κ1) is 25.9. The van der Waals surface area contributed by atoms with Crippen LogP contribution in [0.4, 0.5) is 0 Å². The molecule has 0 aliphatic carbocycles. The average Bonchev–Trinajstić information content (AvgIpc) is 2.92. The van der Waals surface area contributed by atoms with E-state index in [4.69, 9.17) is 4.74 Å². The highest BCUT2D eigenvalue weighted by molar-refractivity contribution is 7.89. The highest BCUT2D eigenvalue weighted by atomic mass is 32.2. The molecule has 0 aliphatic heterocycles. The number of fused-ring (bicyclic) bond motifs is 1. The summed E-state index contributed by atoms with van der Waals surface area (Å²) in [5, 5.41) is 2.83. The van der Waals surface area contributed by atoms with Crippen molar-refractivity contribution in [2.45, 2.75) is 17.5 Å². The van der Waals surface area contributed by atoms with Gasteiger partial charge in [0, 0.05) is 20.6 Å². The summed E-state index contributed by atoms with van der Waals surface area (Å²) in [7, 11) is 0.101. The lowest BCUT2D eigenvalue weighted by molar-refractivity contribution is -0.123. The second-order valence-corrected chi connectivity index (χ2v) is 10.1. The van der Waals surface area contributed by atoms with E-state index in [1.54, 1.807) is 55.6 Å². The van der Waals surface area contributed by atoms with Gasteiger partial charge in [-0.15, -0.1) is 0 Å². The summed E-state index contributed by atoms with van der Waals surface area (Å²) in [4.78, 5) is 37.9. The van der Waals surface area contributed by atoms with Crippen LogP contribution in [0.1, 0.15) is 17.2 Å². The van der Waals surface area contributed by atoms with Crippen molar-refractivity contribution in [3.63, 3.8) is 0 Å². The van der Waals surface area contributed by atoms with Crippen LogP contribution in [0.25, 0.3) is 10.9 Å². The van der Waals surface area contributed by atoms with E-state index < -0.39 is 33.2 Å². The Morgan fingerprint density at radius 2 is 1.68 bits per heavy atom. The minimum absolute atomic E-state index is 0.0613. The smallest absolute Gasteiger partial charge is 0.330 e. The van der Waals surface area contributed by atoms with Gasteiger partial charge in [-0.25, -0.2) is 13.2 Å². The number of rotatable bonds is 8. The first-order valence-corrected chi connectivity index (χ1v) is 12.8. The number of carbonyl (C=O) groups is 1. The van der Waals surface area contributed by atoms with Crippen molar-refractivity contribution < 1.29 is 17.9 Å². The molecule has 2 N–H and O–H groups in total. The fourth-order valence-electron chi connectivity index (χ4n) is 3.96. The maximum absolute atomic E-state index is 13.4. The van der Waals surface area contributed by atoms with Crippen LogP contribution < -0.4 is 26.0 Å². The highest BCUT2D eigenvalue weighted by Gasteiger charge is 2.28. The molecular weight excluding hydrogens is 496 g/mol. The van der Waals surface area contributed by atoms with E-state index in [0.29, 0.717) is 16.8 Å². The Balaban J connectivity index is 1.67. The number of hydrogen-bond acceptors (Lipinski definition) is 6. The second-order valence-electron chi connectivity index (χ2n) is 8.42. The van der Waals surface area contributed by atoms with Gasteiger partial charge in [0.05, 0.1) is 22.9 Å². The van der Waals surface area contributed by atoms with Gasteiger partial charge in [0.15, 0.2) is 0 Å². The Morgan fingerprint density at radius 3 is 2.38 bits per heavy atom. The first-order valence-electron chi connectivity index (χ1n) is 11.3. The highest BCUT2D eigenvalue weighted by Crippen LogP contribution is 2.21. The Morgan fingerprint density at radius 1 is 0.946 bits per heavy atom. The third-order valence-corrected chi connectivity index (χ3v) is 7.44. The summed E-state index contributed by atoms with van der Waals surface area (Å²) < 4.78 is 36.6. The quantitative estimate of drug-likeness (QED) is 0.362. The summed E-state index contributed by atoms with van der Waals surface area (Å²) >= 11 is 0. The topological polar surface area (TPSA) is 128 Å². The van der Waals surface area contributed by atoms with Gasteiger partial charge in [-0.05, 0) is 41.5 Å². The van der Waals surface area contributed by atoms with Crippen molar-refractivity contribution in [2.75, 3.05) is 7.11 Å². The monoisotopic (exact) mass is 522 g/mol. The number of hydrogen-bond donors (Lipinski definition) is 2. The van der Waals surface area contributed by atoms with E-state index in [0.717, 1.165) is 10.1 Å². The van der Waals surface area contributed by atoms with E-state index in [1.165, 1.54) is 36.9 Å². The molecule has 0 radical (unpaired) electrons. The number of aromatic nitrogens is 2. The molecule has 0 saturated heterocycles. The van der Waals surface area contributed by atoms with Gasteiger partial charge in [0.2, 0.25) is 15.9 Å². The van der Waals surface area contributed by atoms with Crippen LogP contribution in [-0.4, -0.2) is 30.6 Å². The van der Waals surface area contributed by atoms with E-state index in [2.05, 4.69) is 10.0 Å². The second kappa shape index (κ2) is 10.4. The number of methoxy groups -OCH3 is 1. The molecule has 1 aromatic heterocycles. The van der Waals surface area contributed by atoms with Gasteiger partial charge in [-0.2, -0.15) is 4.72 Å². The van der Waals surface area contributed by atoms with Crippen molar-refractivity contribution in [3.8, 4) is 5.75 Å². The molecule has 192 valence electrons. The molecule has 37 heavy (non-hydrogen) atoms. The number of nitrogens with zero attached hydrogens (tertiary/aromatic N) is 2. The molecule has 4 aromatic rings. The maximum Gasteiger partial charge on any atom is 0.330 e. The standard InChI is InChI=1S/C26H26N4O6S/c1-29-22-13-12-20(15-21(22)25(32)30(2)26(29)33)37(34,35)28-23(18-9-5-4-6-10-18)24(31)27-16-17-8-7-11-19(14-17)36-3/h4-15,23,28H,16H2,1-3H3,(H,27,31)/t23-/m1/s1. The van der Waals surface area contributed by atoms with E-state index in [9.17, 15) is 22.8 Å². The van der Waals surface area contributed by atoms with Crippen molar-refractivity contribution in [1.29, 1.82) is 0 Å². The summed E-state index contributed by atoms with van der Waals surface area (Å²) in [5.74, 6) is 0.0729. The first-order chi connectivity index (χ1) is 17.6. The molecule has 0 unspecified atom stereocenters. The maximum atomic E-state index is 13.4. The van der Waals surface area contributed by atoms with Crippen molar-refractivity contribution in [1.82, 2.24) is 19.2 Å². The van der Waals surface area contributed by atoms with Crippen molar-refractivity contribution in [2.24, 2.45) is 14.1 Å². The summed E-state index contributed by atoms with van der Waals surface area (Å²) in [5.41, 5.74) is 0.364. The fraction of sp³-hybridized carbons (Fsp3) is 0.192. The minimum Gasteiger partial charge on any atom is -0.497 e. The molecule has 3 aromatic carbocycles. The fourth-order valence-corrected chi connectivity index (χ4v) is 5.17. The number of aryl methyl sites for hydroxylation is 1. The normalized spacial score (nSPS) is 12.3. The van der Waals surface area contributed by atoms with Gasteiger partial charge < -0.3 is 10.1 Å². The summed E-state index contributed by atoms with van der Waals surface area (Å²) in [6, 6.07) is 18.2. The molecule has 1 atom stereocenters. The van der Waals surface area contributed by atoms with Crippen molar-refractivity contribution in [3.05, 3.63) is 105 Å². The van der Waals surface area contributed by atoms with Crippen LogP contribution in [0, 0.1) is 0 Å². The van der Waals surface area contributed by atoms with Gasteiger partial charge in [0.25, 0.3) is 5.56 Å². The number of carbonyl (C=O) groups excluding carboxylic acids is 1. The zero-order valence-electron chi connectivity index (χ0n) is 20.5. The predicted molar refractivity (Wildman–Crippen MR) is 139 cm³/mol. The third-order valence-electron chi connectivity index (χ3n) is 6.02.